The summed E-state index contributed by atoms with van der Waals surface area (Å²) in [5, 5.41) is 3.91. The summed E-state index contributed by atoms with van der Waals surface area (Å²) in [6.07, 6.45) is 1.41. The molecule has 0 aliphatic rings. The standard InChI is InChI=1S/C20H18FN3O/c1-14-11-19(15(2)24(14)18-9-4-3-5-10-18)20(25)23-22-13-16-7-6-8-17(21)12-16/h3-13H,1-2H3,(H,23,25)/b22-13+. The van der Waals surface area contributed by atoms with E-state index in [2.05, 4.69) is 10.5 Å². The molecule has 0 aliphatic carbocycles. The van der Waals surface area contributed by atoms with Gasteiger partial charge in [-0.25, -0.2) is 9.82 Å². The summed E-state index contributed by atoms with van der Waals surface area (Å²) in [4.78, 5) is 12.4. The van der Waals surface area contributed by atoms with E-state index in [4.69, 9.17) is 0 Å². The summed E-state index contributed by atoms with van der Waals surface area (Å²) in [7, 11) is 0. The summed E-state index contributed by atoms with van der Waals surface area (Å²) in [6.45, 7) is 3.85. The zero-order valence-electron chi connectivity index (χ0n) is 14.0. The number of aryl methyl sites for hydroxylation is 1. The van der Waals surface area contributed by atoms with E-state index in [1.165, 1.54) is 18.3 Å². The predicted octanol–water partition coefficient (Wildman–Crippen LogP) is 4.00. The van der Waals surface area contributed by atoms with E-state index in [1.807, 2.05) is 54.8 Å². The predicted molar refractivity (Wildman–Crippen MR) is 96.7 cm³/mol. The van der Waals surface area contributed by atoms with Crippen LogP contribution in [0.5, 0.6) is 0 Å². The van der Waals surface area contributed by atoms with Crippen molar-refractivity contribution >= 4 is 12.1 Å². The minimum atomic E-state index is -0.346. The molecule has 0 spiro atoms. The zero-order chi connectivity index (χ0) is 17.8. The zero-order valence-corrected chi connectivity index (χ0v) is 14.0. The maximum atomic E-state index is 13.1. The summed E-state index contributed by atoms with van der Waals surface area (Å²) in [5.41, 5.74) is 6.42. The van der Waals surface area contributed by atoms with Crippen LogP contribution in [0.25, 0.3) is 5.69 Å². The fraction of sp³-hybridized carbons (Fsp3) is 0.100. The Hall–Kier alpha value is -3.21. The van der Waals surface area contributed by atoms with Crippen molar-refractivity contribution < 1.29 is 9.18 Å². The van der Waals surface area contributed by atoms with Crippen LogP contribution in [0.15, 0.2) is 65.8 Å². The number of aromatic nitrogens is 1. The van der Waals surface area contributed by atoms with E-state index in [0.29, 0.717) is 11.1 Å². The Morgan fingerprint density at radius 3 is 2.56 bits per heavy atom. The quantitative estimate of drug-likeness (QED) is 0.568. The molecule has 1 heterocycles. The van der Waals surface area contributed by atoms with Gasteiger partial charge in [0, 0.05) is 17.1 Å². The van der Waals surface area contributed by atoms with E-state index in [1.54, 1.807) is 12.1 Å². The Balaban J connectivity index is 1.79. The van der Waals surface area contributed by atoms with Crippen LogP contribution in [0.2, 0.25) is 0 Å². The Morgan fingerprint density at radius 1 is 1.08 bits per heavy atom. The van der Waals surface area contributed by atoms with Gasteiger partial charge in [0.1, 0.15) is 5.82 Å². The number of benzene rings is 2. The molecule has 1 amide bonds. The molecule has 25 heavy (non-hydrogen) atoms. The lowest BCUT2D eigenvalue weighted by molar-refractivity contribution is 0.0954. The van der Waals surface area contributed by atoms with Gasteiger partial charge in [-0.2, -0.15) is 5.10 Å². The van der Waals surface area contributed by atoms with Gasteiger partial charge in [0.05, 0.1) is 11.8 Å². The summed E-state index contributed by atoms with van der Waals surface area (Å²) < 4.78 is 15.1. The van der Waals surface area contributed by atoms with Crippen molar-refractivity contribution in [2.75, 3.05) is 0 Å². The highest BCUT2D eigenvalue weighted by Gasteiger charge is 2.16. The van der Waals surface area contributed by atoms with E-state index >= 15 is 0 Å². The average Bonchev–Trinajstić information content (AvgIpc) is 2.90. The van der Waals surface area contributed by atoms with Gasteiger partial charge in [0.25, 0.3) is 5.91 Å². The average molecular weight is 335 g/mol. The van der Waals surface area contributed by atoms with Crippen molar-refractivity contribution in [3.8, 4) is 5.69 Å². The molecule has 0 radical (unpaired) electrons. The molecule has 0 saturated heterocycles. The van der Waals surface area contributed by atoms with Gasteiger partial charge in [-0.05, 0) is 49.7 Å². The minimum Gasteiger partial charge on any atom is -0.318 e. The number of nitrogens with zero attached hydrogens (tertiary/aromatic N) is 2. The SMILES string of the molecule is Cc1cc(C(=O)N/N=C/c2cccc(F)c2)c(C)n1-c1ccccc1. The van der Waals surface area contributed by atoms with Crippen LogP contribution in [0.3, 0.4) is 0 Å². The van der Waals surface area contributed by atoms with E-state index in [9.17, 15) is 9.18 Å². The number of carbonyl (C=O) groups is 1. The molecular formula is C20H18FN3O. The number of halogens is 1. The van der Waals surface area contributed by atoms with Crippen LogP contribution in [0.1, 0.15) is 27.3 Å². The molecule has 1 N–H and O–H groups in total. The Bertz CT molecular complexity index is 929. The number of rotatable bonds is 4. The molecule has 5 heteroatoms. The van der Waals surface area contributed by atoms with E-state index < -0.39 is 0 Å². The highest BCUT2D eigenvalue weighted by Crippen LogP contribution is 2.20. The second-order valence-corrected chi connectivity index (χ2v) is 5.71. The first kappa shape index (κ1) is 16.6. The molecule has 3 aromatic rings. The topological polar surface area (TPSA) is 46.4 Å². The lowest BCUT2D eigenvalue weighted by Crippen LogP contribution is -2.18. The first-order valence-corrected chi connectivity index (χ1v) is 7.89. The lowest BCUT2D eigenvalue weighted by atomic mass is 10.2. The number of carbonyl (C=O) groups excluding carboxylic acids is 1. The summed E-state index contributed by atoms with van der Waals surface area (Å²) in [5.74, 6) is -0.649. The molecule has 0 unspecified atom stereocenters. The lowest BCUT2D eigenvalue weighted by Gasteiger charge is -2.09. The van der Waals surface area contributed by atoms with E-state index in [-0.39, 0.29) is 11.7 Å². The van der Waals surface area contributed by atoms with Crippen LogP contribution in [0, 0.1) is 19.7 Å². The fourth-order valence-corrected chi connectivity index (χ4v) is 2.78. The third kappa shape index (κ3) is 3.66. The monoisotopic (exact) mass is 335 g/mol. The first-order chi connectivity index (χ1) is 12.1. The molecule has 126 valence electrons. The number of hydrogen-bond acceptors (Lipinski definition) is 2. The first-order valence-electron chi connectivity index (χ1n) is 7.89. The van der Waals surface area contributed by atoms with Crippen LogP contribution >= 0.6 is 0 Å². The summed E-state index contributed by atoms with van der Waals surface area (Å²) >= 11 is 0. The maximum absolute atomic E-state index is 13.1. The van der Waals surface area contributed by atoms with Crippen molar-refractivity contribution in [3.05, 3.63) is 89.0 Å². The highest BCUT2D eigenvalue weighted by atomic mass is 19.1. The third-order valence-electron chi connectivity index (χ3n) is 3.92. The summed E-state index contributed by atoms with van der Waals surface area (Å²) in [6, 6.07) is 17.7. The van der Waals surface area contributed by atoms with Crippen LogP contribution in [-0.2, 0) is 0 Å². The highest BCUT2D eigenvalue weighted by molar-refractivity contribution is 5.96. The molecule has 4 nitrogen and oxygen atoms in total. The molecule has 0 fully saturated rings. The van der Waals surface area contributed by atoms with Gasteiger partial charge < -0.3 is 4.57 Å². The third-order valence-corrected chi connectivity index (χ3v) is 3.92. The smallest absolute Gasteiger partial charge is 0.273 e. The van der Waals surface area contributed by atoms with Crippen molar-refractivity contribution in [1.82, 2.24) is 9.99 Å². The van der Waals surface area contributed by atoms with Gasteiger partial charge >= 0.3 is 0 Å². The van der Waals surface area contributed by atoms with Gasteiger partial charge in [0.2, 0.25) is 0 Å². The normalized spacial score (nSPS) is 11.0. The van der Waals surface area contributed by atoms with Crippen LogP contribution in [-0.4, -0.2) is 16.7 Å². The number of hydrogen-bond donors (Lipinski definition) is 1. The Labute approximate surface area is 145 Å². The molecular weight excluding hydrogens is 317 g/mol. The number of para-hydroxylation sites is 1. The van der Waals surface area contributed by atoms with Crippen molar-refractivity contribution in [2.45, 2.75) is 13.8 Å². The van der Waals surface area contributed by atoms with Crippen molar-refractivity contribution in [1.29, 1.82) is 0 Å². The van der Waals surface area contributed by atoms with E-state index in [0.717, 1.165) is 17.1 Å². The maximum Gasteiger partial charge on any atom is 0.273 e. The number of hydrazone groups is 1. The molecule has 0 aliphatic heterocycles. The molecule has 2 aromatic carbocycles. The van der Waals surface area contributed by atoms with Gasteiger partial charge in [-0.1, -0.05) is 30.3 Å². The number of amides is 1. The fourth-order valence-electron chi connectivity index (χ4n) is 2.78. The second kappa shape index (κ2) is 7.13. The Kier molecular flexibility index (Phi) is 4.75. The number of nitrogens with one attached hydrogen (secondary N) is 1. The Morgan fingerprint density at radius 2 is 1.84 bits per heavy atom. The van der Waals surface area contributed by atoms with Gasteiger partial charge in [-0.15, -0.1) is 0 Å². The van der Waals surface area contributed by atoms with Crippen molar-refractivity contribution in [2.24, 2.45) is 5.10 Å². The second-order valence-electron chi connectivity index (χ2n) is 5.71. The molecule has 0 atom stereocenters. The van der Waals surface area contributed by atoms with Crippen molar-refractivity contribution in [3.63, 3.8) is 0 Å². The van der Waals surface area contributed by atoms with Crippen LogP contribution < -0.4 is 5.43 Å². The molecule has 0 bridgehead atoms. The molecule has 0 saturated carbocycles. The van der Waals surface area contributed by atoms with Gasteiger partial charge in [0.15, 0.2) is 0 Å². The molecule has 3 rings (SSSR count). The molecule has 1 aromatic heterocycles. The largest absolute Gasteiger partial charge is 0.318 e. The van der Waals surface area contributed by atoms with Crippen LogP contribution in [0.4, 0.5) is 4.39 Å². The minimum absolute atomic E-state index is 0.303. The van der Waals surface area contributed by atoms with Gasteiger partial charge in [-0.3, -0.25) is 4.79 Å².